The molecule has 0 aliphatic carbocycles. The summed E-state index contributed by atoms with van der Waals surface area (Å²) in [6.07, 6.45) is 2.57. The molecule has 0 heterocycles. The van der Waals surface area contributed by atoms with Crippen LogP contribution in [-0.2, 0) is 6.42 Å². The van der Waals surface area contributed by atoms with E-state index in [4.69, 9.17) is 52.1 Å². The zero-order chi connectivity index (χ0) is 13.9. The van der Waals surface area contributed by atoms with Crippen LogP contribution < -0.4 is 5.73 Å². The summed E-state index contributed by atoms with van der Waals surface area (Å²) < 4.78 is 0. The second-order valence-electron chi connectivity index (χ2n) is 4.75. The SMILES string of the molecule is CC(C)C(N)CCCc1c(Cl)c(Cl)cc(Cl)c1Cl. The molecule has 0 fully saturated rings. The van der Waals surface area contributed by atoms with Crippen LogP contribution in [-0.4, -0.2) is 6.04 Å². The average Bonchev–Trinajstić information content (AvgIpc) is 2.30. The molecule has 1 unspecified atom stereocenters. The van der Waals surface area contributed by atoms with Crippen molar-refractivity contribution in [1.29, 1.82) is 0 Å². The van der Waals surface area contributed by atoms with E-state index in [9.17, 15) is 0 Å². The van der Waals surface area contributed by atoms with Crippen LogP contribution >= 0.6 is 46.4 Å². The fourth-order valence-electron chi connectivity index (χ4n) is 1.69. The van der Waals surface area contributed by atoms with Gasteiger partial charge in [0.15, 0.2) is 0 Å². The Morgan fingerprint density at radius 2 is 1.56 bits per heavy atom. The Morgan fingerprint density at radius 3 is 2.00 bits per heavy atom. The maximum absolute atomic E-state index is 6.14. The van der Waals surface area contributed by atoms with Crippen molar-refractivity contribution in [3.05, 3.63) is 31.7 Å². The number of rotatable bonds is 5. The summed E-state index contributed by atoms with van der Waals surface area (Å²) in [5.74, 6) is 0.471. The van der Waals surface area contributed by atoms with E-state index >= 15 is 0 Å². The molecule has 1 atom stereocenters. The highest BCUT2D eigenvalue weighted by Crippen LogP contribution is 2.37. The van der Waals surface area contributed by atoms with E-state index in [1.807, 2.05) is 0 Å². The number of hydrogen-bond acceptors (Lipinski definition) is 1. The van der Waals surface area contributed by atoms with Crippen LogP contribution in [0.3, 0.4) is 0 Å². The first-order valence-electron chi connectivity index (χ1n) is 5.92. The van der Waals surface area contributed by atoms with Crippen LogP contribution in [0, 0.1) is 5.92 Å². The standard InChI is InChI=1S/C13H17Cl4N/c1-7(2)11(18)5-3-4-8-12(16)9(14)6-10(15)13(8)17/h6-7,11H,3-5,18H2,1-2H3. The summed E-state index contributed by atoms with van der Waals surface area (Å²) in [7, 11) is 0. The molecule has 0 saturated carbocycles. The van der Waals surface area contributed by atoms with Crippen molar-refractivity contribution in [3.8, 4) is 0 Å². The molecule has 0 bridgehead atoms. The van der Waals surface area contributed by atoms with Gasteiger partial charge in [0.1, 0.15) is 0 Å². The molecule has 5 heteroatoms. The van der Waals surface area contributed by atoms with Crippen molar-refractivity contribution < 1.29 is 0 Å². The van der Waals surface area contributed by atoms with Crippen molar-refractivity contribution in [1.82, 2.24) is 0 Å². The topological polar surface area (TPSA) is 26.0 Å². The van der Waals surface area contributed by atoms with Gasteiger partial charge in [-0.25, -0.2) is 0 Å². The van der Waals surface area contributed by atoms with Crippen molar-refractivity contribution in [2.24, 2.45) is 11.7 Å². The van der Waals surface area contributed by atoms with Gasteiger partial charge in [-0.05, 0) is 36.8 Å². The quantitative estimate of drug-likeness (QED) is 0.699. The first-order chi connectivity index (χ1) is 8.34. The normalized spacial score (nSPS) is 13.1. The molecule has 1 nitrogen and oxygen atoms in total. The summed E-state index contributed by atoms with van der Waals surface area (Å²) in [5, 5.41) is 1.86. The highest BCUT2D eigenvalue weighted by molar-refractivity contribution is 6.48. The van der Waals surface area contributed by atoms with Gasteiger partial charge in [-0.1, -0.05) is 60.3 Å². The lowest BCUT2D eigenvalue weighted by Gasteiger charge is -2.16. The maximum atomic E-state index is 6.14. The van der Waals surface area contributed by atoms with Crippen molar-refractivity contribution in [3.63, 3.8) is 0 Å². The predicted octanol–water partition coefficient (Wildman–Crippen LogP) is 5.61. The fraction of sp³-hybridized carbons (Fsp3) is 0.538. The van der Waals surface area contributed by atoms with E-state index in [1.165, 1.54) is 0 Å². The predicted molar refractivity (Wildman–Crippen MR) is 82.2 cm³/mol. The molecule has 102 valence electrons. The molecule has 0 saturated heterocycles. The number of hydrogen-bond donors (Lipinski definition) is 1. The van der Waals surface area contributed by atoms with E-state index in [-0.39, 0.29) is 6.04 Å². The van der Waals surface area contributed by atoms with Crippen molar-refractivity contribution in [2.75, 3.05) is 0 Å². The first-order valence-corrected chi connectivity index (χ1v) is 7.43. The number of benzene rings is 1. The van der Waals surface area contributed by atoms with Gasteiger partial charge in [0.05, 0.1) is 20.1 Å². The Morgan fingerprint density at radius 1 is 1.06 bits per heavy atom. The molecular weight excluding hydrogens is 312 g/mol. The molecule has 1 rings (SSSR count). The Bertz CT molecular complexity index is 392. The molecule has 0 aliphatic heterocycles. The first kappa shape index (κ1) is 16.4. The minimum Gasteiger partial charge on any atom is -0.327 e. The highest BCUT2D eigenvalue weighted by Gasteiger charge is 2.14. The van der Waals surface area contributed by atoms with Crippen LogP contribution in [0.25, 0.3) is 0 Å². The van der Waals surface area contributed by atoms with E-state index in [0.717, 1.165) is 24.8 Å². The van der Waals surface area contributed by atoms with E-state index in [0.29, 0.717) is 26.0 Å². The smallest absolute Gasteiger partial charge is 0.0640 e. The second-order valence-corrected chi connectivity index (χ2v) is 6.32. The fourth-order valence-corrected chi connectivity index (χ4v) is 2.73. The summed E-state index contributed by atoms with van der Waals surface area (Å²) in [5.41, 5.74) is 6.81. The molecule has 0 aliphatic rings. The molecule has 18 heavy (non-hydrogen) atoms. The number of halogens is 4. The number of nitrogens with two attached hydrogens (primary N) is 1. The minimum absolute atomic E-state index is 0.192. The van der Waals surface area contributed by atoms with Crippen LogP contribution in [0.2, 0.25) is 20.1 Å². The third-order valence-electron chi connectivity index (χ3n) is 3.02. The average molecular weight is 329 g/mol. The van der Waals surface area contributed by atoms with Gasteiger partial charge in [-0.2, -0.15) is 0 Å². The molecule has 1 aromatic carbocycles. The van der Waals surface area contributed by atoms with Crippen LogP contribution in [0.4, 0.5) is 0 Å². The largest absolute Gasteiger partial charge is 0.327 e. The summed E-state index contributed by atoms with van der Waals surface area (Å²) in [6.45, 7) is 4.22. The van der Waals surface area contributed by atoms with Gasteiger partial charge >= 0.3 is 0 Å². The van der Waals surface area contributed by atoms with Gasteiger partial charge in [-0.15, -0.1) is 0 Å². The minimum atomic E-state index is 0.192. The summed E-state index contributed by atoms with van der Waals surface area (Å²) in [6, 6.07) is 1.76. The second kappa shape index (κ2) is 7.21. The monoisotopic (exact) mass is 327 g/mol. The summed E-state index contributed by atoms with van der Waals surface area (Å²) in [4.78, 5) is 0. The van der Waals surface area contributed by atoms with Gasteiger partial charge < -0.3 is 5.73 Å². The van der Waals surface area contributed by atoms with Crippen molar-refractivity contribution >= 4 is 46.4 Å². The van der Waals surface area contributed by atoms with E-state index < -0.39 is 0 Å². The zero-order valence-corrected chi connectivity index (χ0v) is 13.5. The lowest BCUT2D eigenvalue weighted by molar-refractivity contribution is 0.452. The van der Waals surface area contributed by atoms with Gasteiger partial charge in [0.25, 0.3) is 0 Å². The van der Waals surface area contributed by atoms with Crippen LogP contribution in [0.5, 0.6) is 0 Å². The third kappa shape index (κ3) is 4.18. The molecular formula is C13H17Cl4N. The van der Waals surface area contributed by atoms with Gasteiger partial charge in [0.2, 0.25) is 0 Å². The molecule has 2 N–H and O–H groups in total. The molecule has 0 radical (unpaired) electrons. The van der Waals surface area contributed by atoms with E-state index in [2.05, 4.69) is 13.8 Å². The van der Waals surface area contributed by atoms with Crippen molar-refractivity contribution in [2.45, 2.75) is 39.2 Å². The molecule has 0 amide bonds. The Labute approximate surface area is 129 Å². The third-order valence-corrected chi connectivity index (χ3v) is 4.68. The molecule has 1 aromatic rings. The Balaban J connectivity index is 2.73. The van der Waals surface area contributed by atoms with Crippen LogP contribution in [0.1, 0.15) is 32.3 Å². The van der Waals surface area contributed by atoms with E-state index in [1.54, 1.807) is 6.07 Å². The zero-order valence-electron chi connectivity index (χ0n) is 10.4. The summed E-state index contributed by atoms with van der Waals surface area (Å²) >= 11 is 24.3. The maximum Gasteiger partial charge on any atom is 0.0640 e. The molecule has 0 spiro atoms. The van der Waals surface area contributed by atoms with Crippen LogP contribution in [0.15, 0.2) is 6.07 Å². The molecule has 0 aromatic heterocycles. The lowest BCUT2D eigenvalue weighted by Crippen LogP contribution is -2.26. The lowest BCUT2D eigenvalue weighted by atomic mass is 9.98. The van der Waals surface area contributed by atoms with Gasteiger partial charge in [-0.3, -0.25) is 0 Å². The highest BCUT2D eigenvalue weighted by atomic mass is 35.5. The van der Waals surface area contributed by atoms with Gasteiger partial charge in [0, 0.05) is 6.04 Å². The Hall–Kier alpha value is 0.340. The Kier molecular flexibility index (Phi) is 6.57.